The zero-order valence-electron chi connectivity index (χ0n) is 20.5. The number of hydrogen-bond acceptors (Lipinski definition) is 7. The van der Waals surface area contributed by atoms with E-state index >= 15 is 0 Å². The summed E-state index contributed by atoms with van der Waals surface area (Å²) in [5, 5.41) is 3.62. The Morgan fingerprint density at radius 3 is 2.40 bits per heavy atom. The van der Waals surface area contributed by atoms with Gasteiger partial charge in [0, 0.05) is 36.5 Å². The largest absolute Gasteiger partial charge is 0.338 e. The fourth-order valence-corrected chi connectivity index (χ4v) is 6.35. The van der Waals surface area contributed by atoms with E-state index in [9.17, 15) is 14.4 Å². The summed E-state index contributed by atoms with van der Waals surface area (Å²) in [6.45, 7) is 9.18. The van der Waals surface area contributed by atoms with Gasteiger partial charge in [-0.2, -0.15) is 0 Å². The molecule has 3 heterocycles. The van der Waals surface area contributed by atoms with Crippen LogP contribution in [-0.2, 0) is 0 Å². The Hall–Kier alpha value is -2.91. The first-order valence-corrected chi connectivity index (χ1v) is 13.6. The number of thiazole rings is 2. The minimum Gasteiger partial charge on any atom is -0.338 e. The Bertz CT molecular complexity index is 1210. The smallest absolute Gasteiger partial charge is 0.273 e. The lowest BCUT2D eigenvalue weighted by atomic mass is 9.97. The molecule has 0 spiro atoms. The molecule has 35 heavy (non-hydrogen) atoms. The molecule has 1 fully saturated rings. The summed E-state index contributed by atoms with van der Waals surface area (Å²) in [4.78, 5) is 52.3. The van der Waals surface area contributed by atoms with E-state index in [1.54, 1.807) is 29.3 Å². The molecule has 0 aliphatic carbocycles. The molecule has 0 saturated carbocycles. The summed E-state index contributed by atoms with van der Waals surface area (Å²) >= 11 is 2.93. The normalized spacial score (nSPS) is 15.1. The monoisotopic (exact) mass is 510 g/mol. The number of Topliss-reactive ketones (excluding diaryl/α,β-unsaturated/α-hetero) is 1. The van der Waals surface area contributed by atoms with Gasteiger partial charge in [0.2, 0.25) is 0 Å². The van der Waals surface area contributed by atoms with Gasteiger partial charge in [0.05, 0.1) is 21.8 Å². The minimum absolute atomic E-state index is 0.0530. The maximum absolute atomic E-state index is 13.2. The van der Waals surface area contributed by atoms with Gasteiger partial charge >= 0.3 is 0 Å². The van der Waals surface area contributed by atoms with E-state index < -0.39 is 6.04 Å². The van der Waals surface area contributed by atoms with Gasteiger partial charge in [-0.1, -0.05) is 30.3 Å². The number of amides is 2. The minimum atomic E-state index is -0.576. The van der Waals surface area contributed by atoms with Gasteiger partial charge in [-0.05, 0) is 40.5 Å². The maximum atomic E-state index is 13.2. The average Bonchev–Trinajstić information content (AvgIpc) is 3.50. The summed E-state index contributed by atoms with van der Waals surface area (Å²) in [7, 11) is 0. The van der Waals surface area contributed by atoms with Gasteiger partial charge in [0.15, 0.2) is 5.78 Å². The molecule has 7 nitrogen and oxygen atoms in total. The van der Waals surface area contributed by atoms with Crippen molar-refractivity contribution < 1.29 is 14.4 Å². The first-order valence-electron chi connectivity index (χ1n) is 11.9. The number of benzene rings is 1. The van der Waals surface area contributed by atoms with Crippen molar-refractivity contribution in [2.75, 3.05) is 19.6 Å². The second kappa shape index (κ2) is 10.8. The van der Waals surface area contributed by atoms with Crippen molar-refractivity contribution in [2.24, 2.45) is 0 Å². The van der Waals surface area contributed by atoms with E-state index in [0.29, 0.717) is 30.9 Å². The van der Waals surface area contributed by atoms with Crippen molar-refractivity contribution in [3.8, 4) is 0 Å². The number of hydrogen-bond donors (Lipinski definition) is 0. The van der Waals surface area contributed by atoms with E-state index in [2.05, 4.69) is 9.97 Å². The molecule has 0 N–H and O–H groups in total. The Morgan fingerprint density at radius 2 is 1.80 bits per heavy atom. The third-order valence-electron chi connectivity index (χ3n) is 6.48. The number of ketones is 1. The SMILES string of the molecule is CCN(C(=O)c1csc(C2CCN(C(=O)c3sc(C)nc3C)CC2)n1)C(C)C(=O)c1ccccc1. The first kappa shape index (κ1) is 25.2. The predicted octanol–water partition coefficient (Wildman–Crippen LogP) is 4.97. The first-order chi connectivity index (χ1) is 16.8. The quantitative estimate of drug-likeness (QED) is 0.419. The molecule has 1 saturated heterocycles. The highest BCUT2D eigenvalue weighted by Crippen LogP contribution is 2.32. The Labute approximate surface area is 213 Å². The molecule has 1 atom stereocenters. The summed E-state index contributed by atoms with van der Waals surface area (Å²) in [6, 6.07) is 8.47. The van der Waals surface area contributed by atoms with E-state index in [1.165, 1.54) is 22.7 Å². The molecule has 0 radical (unpaired) electrons. The number of carbonyl (C=O) groups is 3. The van der Waals surface area contributed by atoms with Gasteiger partial charge in [0.1, 0.15) is 10.6 Å². The highest BCUT2D eigenvalue weighted by atomic mass is 32.1. The predicted molar refractivity (Wildman–Crippen MR) is 139 cm³/mol. The molecule has 4 rings (SSSR count). The lowest BCUT2D eigenvalue weighted by Gasteiger charge is -2.31. The van der Waals surface area contributed by atoms with Gasteiger partial charge in [-0.15, -0.1) is 22.7 Å². The molecular weight excluding hydrogens is 480 g/mol. The average molecular weight is 511 g/mol. The van der Waals surface area contributed by atoms with Crippen molar-refractivity contribution >= 4 is 40.3 Å². The van der Waals surface area contributed by atoms with Crippen LogP contribution in [0.3, 0.4) is 0 Å². The van der Waals surface area contributed by atoms with Gasteiger partial charge in [-0.3, -0.25) is 14.4 Å². The van der Waals surface area contributed by atoms with Crippen molar-refractivity contribution in [2.45, 2.75) is 52.5 Å². The van der Waals surface area contributed by atoms with Gasteiger partial charge in [-0.25, -0.2) is 9.97 Å². The Kier molecular flexibility index (Phi) is 7.76. The van der Waals surface area contributed by atoms with Crippen molar-refractivity contribution in [3.63, 3.8) is 0 Å². The molecule has 0 bridgehead atoms. The van der Waals surface area contributed by atoms with Crippen LogP contribution < -0.4 is 0 Å². The topological polar surface area (TPSA) is 83.5 Å². The number of aryl methyl sites for hydroxylation is 2. The Morgan fingerprint density at radius 1 is 1.11 bits per heavy atom. The molecule has 1 aromatic carbocycles. The number of piperidine rings is 1. The van der Waals surface area contributed by atoms with Gasteiger partial charge < -0.3 is 9.80 Å². The number of rotatable bonds is 7. The van der Waals surface area contributed by atoms with Crippen LogP contribution in [0.15, 0.2) is 35.7 Å². The van der Waals surface area contributed by atoms with E-state index in [0.717, 1.165) is 33.4 Å². The second-order valence-electron chi connectivity index (χ2n) is 8.78. The zero-order valence-corrected chi connectivity index (χ0v) is 22.1. The third-order valence-corrected chi connectivity index (χ3v) is 8.55. The summed E-state index contributed by atoms with van der Waals surface area (Å²) < 4.78 is 0. The highest BCUT2D eigenvalue weighted by molar-refractivity contribution is 7.13. The number of likely N-dealkylation sites (N-methyl/N-ethyl adjacent to an activating group) is 1. The lowest BCUT2D eigenvalue weighted by Crippen LogP contribution is -2.43. The number of likely N-dealkylation sites (tertiary alicyclic amines) is 1. The van der Waals surface area contributed by atoms with Gasteiger partial charge in [0.25, 0.3) is 11.8 Å². The molecule has 1 aliphatic rings. The van der Waals surface area contributed by atoms with E-state index in [4.69, 9.17) is 0 Å². The molecule has 3 aromatic rings. The second-order valence-corrected chi connectivity index (χ2v) is 10.9. The molecule has 2 aromatic heterocycles. The molecule has 184 valence electrons. The molecular formula is C26H30N4O3S2. The van der Waals surface area contributed by atoms with Crippen LogP contribution in [0.25, 0.3) is 0 Å². The van der Waals surface area contributed by atoms with E-state index in [1.807, 2.05) is 43.9 Å². The fourth-order valence-electron chi connectivity index (χ4n) is 4.50. The van der Waals surface area contributed by atoms with Crippen LogP contribution in [0, 0.1) is 13.8 Å². The Balaban J connectivity index is 1.39. The van der Waals surface area contributed by atoms with Crippen molar-refractivity contribution in [1.82, 2.24) is 19.8 Å². The highest BCUT2D eigenvalue weighted by Gasteiger charge is 2.31. The lowest BCUT2D eigenvalue weighted by molar-refractivity contribution is 0.0633. The third kappa shape index (κ3) is 5.36. The van der Waals surface area contributed by atoms with Crippen LogP contribution in [-0.4, -0.2) is 63.0 Å². The molecule has 2 amide bonds. The maximum Gasteiger partial charge on any atom is 0.273 e. The van der Waals surface area contributed by atoms with Crippen molar-refractivity contribution in [3.05, 3.63) is 67.6 Å². The zero-order chi connectivity index (χ0) is 25.1. The summed E-state index contributed by atoms with van der Waals surface area (Å²) in [5.74, 6) is -0.0411. The number of carbonyl (C=O) groups excluding carboxylic acids is 3. The number of aromatic nitrogens is 2. The fraction of sp³-hybridized carbons (Fsp3) is 0.423. The van der Waals surface area contributed by atoms with Crippen molar-refractivity contribution in [1.29, 1.82) is 0 Å². The van der Waals surface area contributed by atoms with Crippen LogP contribution >= 0.6 is 22.7 Å². The molecule has 9 heteroatoms. The number of nitrogens with zero attached hydrogens (tertiary/aromatic N) is 4. The van der Waals surface area contributed by atoms with E-state index in [-0.39, 0.29) is 23.5 Å². The van der Waals surface area contributed by atoms with Crippen LogP contribution in [0.1, 0.15) is 78.8 Å². The molecule has 1 aliphatic heterocycles. The standard InChI is InChI=1S/C26H30N4O3S2/c1-5-30(17(3)22(31)19-9-7-6-8-10-19)25(32)21-15-34-24(28-21)20-11-13-29(14-12-20)26(33)23-16(2)27-18(4)35-23/h6-10,15,17,20H,5,11-14H2,1-4H3. The summed E-state index contributed by atoms with van der Waals surface area (Å²) in [5.41, 5.74) is 1.77. The van der Waals surface area contributed by atoms with Crippen LogP contribution in [0.4, 0.5) is 0 Å². The molecule has 1 unspecified atom stereocenters. The summed E-state index contributed by atoms with van der Waals surface area (Å²) in [6.07, 6.45) is 1.62. The van der Waals surface area contributed by atoms with Crippen LogP contribution in [0.2, 0.25) is 0 Å². The van der Waals surface area contributed by atoms with Crippen LogP contribution in [0.5, 0.6) is 0 Å².